The lowest BCUT2D eigenvalue weighted by molar-refractivity contribution is -0.258. The molecule has 2 aromatic rings. The Morgan fingerprint density at radius 1 is 1.13 bits per heavy atom. The van der Waals surface area contributed by atoms with Crippen molar-refractivity contribution in [2.45, 2.75) is 23.6 Å². The standard InChI is InChI=1S/C19H21F3N4O3S/c1-13-12-25(30(28,29)16-7-8-17(23)24-11-16)9-10-26(13)15-5-3-14(4-6-15)18(2,27)19(20,21)22/h3-8,11,27H,1,9-10,12H2,2H3,(H2,23,24)/t18-/m0/s1. The third kappa shape index (κ3) is 4.00. The average molecular weight is 442 g/mol. The number of benzene rings is 1. The second-order valence-corrected chi connectivity index (χ2v) is 9.03. The molecule has 1 fully saturated rings. The quantitative estimate of drug-likeness (QED) is 0.755. The number of rotatable bonds is 4. The molecule has 3 rings (SSSR count). The summed E-state index contributed by atoms with van der Waals surface area (Å²) < 4.78 is 65.8. The first-order valence-electron chi connectivity index (χ1n) is 8.90. The minimum Gasteiger partial charge on any atom is -0.384 e. The molecule has 1 aliphatic heterocycles. The minimum absolute atomic E-state index is 0.00866. The van der Waals surface area contributed by atoms with Crippen LogP contribution >= 0.6 is 0 Å². The molecule has 30 heavy (non-hydrogen) atoms. The van der Waals surface area contributed by atoms with E-state index in [4.69, 9.17) is 5.73 Å². The number of hydrogen-bond acceptors (Lipinski definition) is 6. The molecule has 0 amide bonds. The van der Waals surface area contributed by atoms with Crippen molar-refractivity contribution in [3.63, 3.8) is 0 Å². The number of aliphatic hydroxyl groups is 1. The van der Waals surface area contributed by atoms with Crippen LogP contribution < -0.4 is 10.6 Å². The summed E-state index contributed by atoms with van der Waals surface area (Å²) in [4.78, 5) is 5.54. The Morgan fingerprint density at radius 2 is 1.77 bits per heavy atom. The van der Waals surface area contributed by atoms with E-state index in [0.29, 0.717) is 18.3 Å². The third-order valence-electron chi connectivity index (χ3n) is 5.00. The van der Waals surface area contributed by atoms with E-state index in [-0.39, 0.29) is 35.9 Å². The smallest absolute Gasteiger partial charge is 0.384 e. The van der Waals surface area contributed by atoms with Crippen molar-refractivity contribution >= 4 is 21.5 Å². The number of anilines is 2. The van der Waals surface area contributed by atoms with E-state index in [2.05, 4.69) is 11.6 Å². The van der Waals surface area contributed by atoms with E-state index in [9.17, 15) is 26.7 Å². The number of aromatic nitrogens is 1. The van der Waals surface area contributed by atoms with Crippen LogP contribution in [0.3, 0.4) is 0 Å². The Labute approximate surface area is 172 Å². The second kappa shape index (κ2) is 7.56. The zero-order valence-electron chi connectivity index (χ0n) is 16.1. The third-order valence-corrected chi connectivity index (χ3v) is 6.83. The van der Waals surface area contributed by atoms with Gasteiger partial charge < -0.3 is 15.7 Å². The predicted octanol–water partition coefficient (Wildman–Crippen LogP) is 2.46. The van der Waals surface area contributed by atoms with E-state index < -0.39 is 21.8 Å². The summed E-state index contributed by atoms with van der Waals surface area (Å²) in [7, 11) is -3.79. The normalized spacial score (nSPS) is 18.3. The van der Waals surface area contributed by atoms with Crippen LogP contribution in [0.5, 0.6) is 0 Å². The van der Waals surface area contributed by atoms with Crippen LogP contribution in [0.4, 0.5) is 24.7 Å². The monoisotopic (exact) mass is 442 g/mol. The van der Waals surface area contributed by atoms with Crippen LogP contribution in [0.25, 0.3) is 0 Å². The molecule has 1 atom stereocenters. The first-order valence-corrected chi connectivity index (χ1v) is 10.3. The molecular formula is C19H21F3N4O3S. The Morgan fingerprint density at radius 3 is 2.27 bits per heavy atom. The molecule has 162 valence electrons. The lowest BCUT2D eigenvalue weighted by Gasteiger charge is -2.37. The highest BCUT2D eigenvalue weighted by atomic mass is 32.2. The first-order chi connectivity index (χ1) is 13.8. The number of hydrogen-bond donors (Lipinski definition) is 2. The number of sulfonamides is 1. The highest BCUT2D eigenvalue weighted by Gasteiger charge is 2.51. The Balaban J connectivity index is 1.76. The van der Waals surface area contributed by atoms with Crippen LogP contribution in [-0.4, -0.2) is 48.6 Å². The zero-order chi connectivity index (χ0) is 22.3. The van der Waals surface area contributed by atoms with E-state index in [1.165, 1.54) is 46.9 Å². The number of nitrogens with two attached hydrogens (primary N) is 1. The Kier molecular flexibility index (Phi) is 5.56. The topological polar surface area (TPSA) is 99.8 Å². The van der Waals surface area contributed by atoms with Gasteiger partial charge in [-0.15, -0.1) is 0 Å². The maximum absolute atomic E-state index is 13.0. The van der Waals surface area contributed by atoms with Crippen LogP contribution in [0, 0.1) is 0 Å². The van der Waals surface area contributed by atoms with Gasteiger partial charge >= 0.3 is 6.18 Å². The number of halogens is 3. The van der Waals surface area contributed by atoms with Crippen molar-refractivity contribution in [1.82, 2.24) is 9.29 Å². The maximum atomic E-state index is 13.0. The van der Waals surface area contributed by atoms with Gasteiger partial charge in [-0.3, -0.25) is 0 Å². The zero-order valence-corrected chi connectivity index (χ0v) is 16.9. The molecule has 2 heterocycles. The van der Waals surface area contributed by atoms with Crippen molar-refractivity contribution in [3.05, 3.63) is 60.4 Å². The van der Waals surface area contributed by atoms with Gasteiger partial charge in [0.05, 0.1) is 6.54 Å². The summed E-state index contributed by atoms with van der Waals surface area (Å²) in [5.41, 5.74) is 3.25. The Bertz CT molecular complexity index is 1040. The van der Waals surface area contributed by atoms with Crippen molar-refractivity contribution in [3.8, 4) is 0 Å². The number of nitrogen functional groups attached to an aromatic ring is 1. The minimum atomic E-state index is -4.81. The Hall–Kier alpha value is -2.63. The van der Waals surface area contributed by atoms with Crippen LogP contribution in [-0.2, 0) is 15.6 Å². The second-order valence-electron chi connectivity index (χ2n) is 7.09. The lowest BCUT2D eigenvalue weighted by Crippen LogP contribution is -2.47. The molecule has 0 aliphatic carbocycles. The van der Waals surface area contributed by atoms with Crippen LogP contribution in [0.2, 0.25) is 0 Å². The van der Waals surface area contributed by atoms with Gasteiger partial charge in [-0.25, -0.2) is 13.4 Å². The summed E-state index contributed by atoms with van der Waals surface area (Å²) in [6, 6.07) is 8.04. The molecule has 0 saturated carbocycles. The average Bonchev–Trinajstić information content (AvgIpc) is 2.67. The van der Waals surface area contributed by atoms with E-state index >= 15 is 0 Å². The molecule has 1 aliphatic rings. The van der Waals surface area contributed by atoms with E-state index in [1.54, 1.807) is 4.90 Å². The van der Waals surface area contributed by atoms with Crippen LogP contribution in [0.15, 0.2) is 59.8 Å². The number of nitrogens with zero attached hydrogens (tertiary/aromatic N) is 3. The summed E-state index contributed by atoms with van der Waals surface area (Å²) in [5.74, 6) is 0.205. The number of pyridine rings is 1. The predicted molar refractivity (Wildman–Crippen MR) is 106 cm³/mol. The van der Waals surface area contributed by atoms with Gasteiger partial charge in [0.1, 0.15) is 10.7 Å². The van der Waals surface area contributed by atoms with Crippen molar-refractivity contribution in [2.75, 3.05) is 30.3 Å². The highest BCUT2D eigenvalue weighted by Crippen LogP contribution is 2.39. The van der Waals surface area contributed by atoms with Crippen LogP contribution in [0.1, 0.15) is 12.5 Å². The molecule has 7 nitrogen and oxygen atoms in total. The molecule has 3 N–H and O–H groups in total. The summed E-state index contributed by atoms with van der Waals surface area (Å²) in [6.45, 7) is 5.01. The SMILES string of the molecule is C=C1CN(S(=O)(=O)c2ccc(N)nc2)CCN1c1ccc([C@](C)(O)C(F)(F)F)cc1. The molecule has 11 heteroatoms. The molecule has 1 saturated heterocycles. The summed E-state index contributed by atoms with van der Waals surface area (Å²) in [5, 5.41) is 9.78. The molecule has 0 unspecified atom stereocenters. The fourth-order valence-electron chi connectivity index (χ4n) is 3.08. The molecule has 0 radical (unpaired) electrons. The van der Waals surface area contributed by atoms with Gasteiger partial charge in [-0.1, -0.05) is 18.7 Å². The first kappa shape index (κ1) is 22.1. The van der Waals surface area contributed by atoms with Gasteiger partial charge in [-0.2, -0.15) is 17.5 Å². The van der Waals surface area contributed by atoms with Crippen molar-refractivity contribution < 1.29 is 26.7 Å². The van der Waals surface area contributed by atoms with Gasteiger partial charge in [0, 0.05) is 30.7 Å². The molecule has 0 bridgehead atoms. The lowest BCUT2D eigenvalue weighted by atomic mass is 9.95. The molecule has 0 spiro atoms. The van der Waals surface area contributed by atoms with E-state index in [1.807, 2.05) is 0 Å². The maximum Gasteiger partial charge on any atom is 0.421 e. The van der Waals surface area contributed by atoms with Crippen molar-refractivity contribution in [2.24, 2.45) is 0 Å². The number of alkyl halides is 3. The fraction of sp³-hybridized carbons (Fsp3) is 0.316. The molecule has 1 aromatic carbocycles. The number of piperazine rings is 1. The van der Waals surface area contributed by atoms with Gasteiger partial charge in [0.15, 0.2) is 5.60 Å². The van der Waals surface area contributed by atoms with E-state index in [0.717, 1.165) is 0 Å². The van der Waals surface area contributed by atoms with Crippen molar-refractivity contribution in [1.29, 1.82) is 0 Å². The molecular weight excluding hydrogens is 421 g/mol. The fourth-order valence-corrected chi connectivity index (χ4v) is 4.44. The van der Waals surface area contributed by atoms with Gasteiger partial charge in [0.25, 0.3) is 0 Å². The largest absolute Gasteiger partial charge is 0.421 e. The highest BCUT2D eigenvalue weighted by molar-refractivity contribution is 7.89. The molecule has 1 aromatic heterocycles. The summed E-state index contributed by atoms with van der Waals surface area (Å²) >= 11 is 0. The van der Waals surface area contributed by atoms with Gasteiger partial charge in [0.2, 0.25) is 10.0 Å². The van der Waals surface area contributed by atoms with Gasteiger partial charge in [-0.05, 0) is 36.8 Å². The summed E-state index contributed by atoms with van der Waals surface area (Å²) in [6.07, 6.45) is -3.62.